The molecule has 1 aromatic carbocycles. The van der Waals surface area contributed by atoms with E-state index < -0.39 is 5.97 Å². The summed E-state index contributed by atoms with van der Waals surface area (Å²) in [5, 5.41) is 8.76. The quantitative estimate of drug-likeness (QED) is 0.781. The van der Waals surface area contributed by atoms with Crippen LogP contribution in [0.1, 0.15) is 31.4 Å². The lowest BCUT2D eigenvalue weighted by atomic mass is 10.1. The van der Waals surface area contributed by atoms with E-state index in [9.17, 15) is 4.79 Å². The third kappa shape index (κ3) is 4.13. The predicted molar refractivity (Wildman–Crippen MR) is 57.7 cm³/mol. The molecule has 0 saturated carbocycles. The van der Waals surface area contributed by atoms with E-state index in [0.29, 0.717) is 6.61 Å². The van der Waals surface area contributed by atoms with E-state index in [2.05, 4.69) is 0 Å². The molecular weight excluding hydrogens is 192 g/mol. The molecule has 0 saturated heterocycles. The van der Waals surface area contributed by atoms with E-state index in [4.69, 9.17) is 9.84 Å². The number of carbonyl (C=O) groups is 1. The lowest BCUT2D eigenvalue weighted by Crippen LogP contribution is -2.10. The van der Waals surface area contributed by atoms with Gasteiger partial charge in [0, 0.05) is 6.61 Å². The van der Waals surface area contributed by atoms with Gasteiger partial charge in [-0.15, -0.1) is 0 Å². The van der Waals surface area contributed by atoms with E-state index in [0.717, 1.165) is 12.0 Å². The van der Waals surface area contributed by atoms with Crippen LogP contribution in [0.4, 0.5) is 0 Å². The molecular formula is C12H16O3. The third-order valence-corrected chi connectivity index (χ3v) is 2.05. The van der Waals surface area contributed by atoms with Crippen LogP contribution >= 0.6 is 0 Å². The van der Waals surface area contributed by atoms with Crippen LogP contribution in [0, 0.1) is 0 Å². The Labute approximate surface area is 89.7 Å². The molecule has 0 aliphatic rings. The van der Waals surface area contributed by atoms with Gasteiger partial charge in [-0.05, 0) is 12.0 Å². The maximum Gasteiger partial charge on any atom is 0.306 e. The first-order chi connectivity index (χ1) is 7.24. The van der Waals surface area contributed by atoms with Crippen LogP contribution in [0.25, 0.3) is 0 Å². The topological polar surface area (TPSA) is 46.5 Å². The molecule has 0 radical (unpaired) electrons. The molecule has 0 aromatic heterocycles. The van der Waals surface area contributed by atoms with Gasteiger partial charge in [0.05, 0.1) is 12.5 Å². The molecule has 0 fully saturated rings. The number of ether oxygens (including phenoxy) is 1. The molecule has 3 heteroatoms. The van der Waals surface area contributed by atoms with Crippen LogP contribution in [0.15, 0.2) is 30.3 Å². The predicted octanol–water partition coefficient (Wildman–Crippen LogP) is 2.63. The van der Waals surface area contributed by atoms with Crippen molar-refractivity contribution in [2.45, 2.75) is 25.9 Å². The average Bonchev–Trinajstić information content (AvgIpc) is 2.25. The molecule has 1 rings (SSSR count). The number of benzene rings is 1. The molecule has 1 unspecified atom stereocenters. The first kappa shape index (κ1) is 11.7. The summed E-state index contributed by atoms with van der Waals surface area (Å²) in [5.74, 6) is -0.833. The summed E-state index contributed by atoms with van der Waals surface area (Å²) in [5.41, 5.74) is 0.924. The Balaban J connectivity index is 2.67. The van der Waals surface area contributed by atoms with E-state index >= 15 is 0 Å². The average molecular weight is 208 g/mol. The van der Waals surface area contributed by atoms with Gasteiger partial charge in [-0.3, -0.25) is 4.79 Å². The second kappa shape index (κ2) is 6.19. The molecule has 1 atom stereocenters. The number of carboxylic acid groups (broad SMARTS) is 1. The van der Waals surface area contributed by atoms with E-state index in [1.54, 1.807) is 0 Å². The largest absolute Gasteiger partial charge is 0.481 e. The van der Waals surface area contributed by atoms with E-state index in [-0.39, 0.29) is 12.5 Å². The van der Waals surface area contributed by atoms with Crippen molar-refractivity contribution in [1.29, 1.82) is 0 Å². The summed E-state index contributed by atoms with van der Waals surface area (Å²) < 4.78 is 5.51. The Hall–Kier alpha value is -1.35. The lowest BCUT2D eigenvalue weighted by molar-refractivity contribution is -0.140. The minimum absolute atomic E-state index is 0.0179. The maximum absolute atomic E-state index is 10.7. The van der Waals surface area contributed by atoms with Crippen LogP contribution in [-0.4, -0.2) is 17.7 Å². The highest BCUT2D eigenvalue weighted by Crippen LogP contribution is 2.20. The van der Waals surface area contributed by atoms with Crippen molar-refractivity contribution in [2.24, 2.45) is 0 Å². The molecule has 1 aromatic rings. The maximum atomic E-state index is 10.7. The molecule has 0 amide bonds. The standard InChI is InChI=1S/C12H16O3/c1-2-8-15-11(9-12(13)14)10-6-4-3-5-7-10/h3-7,11H,2,8-9H2,1H3,(H,13,14). The fourth-order valence-corrected chi connectivity index (χ4v) is 1.36. The van der Waals surface area contributed by atoms with Gasteiger partial charge in [-0.2, -0.15) is 0 Å². The second-order valence-electron chi connectivity index (χ2n) is 3.37. The number of hydrogen-bond acceptors (Lipinski definition) is 2. The van der Waals surface area contributed by atoms with Crippen molar-refractivity contribution in [2.75, 3.05) is 6.61 Å². The minimum Gasteiger partial charge on any atom is -0.481 e. The minimum atomic E-state index is -0.833. The molecule has 3 nitrogen and oxygen atoms in total. The normalized spacial score (nSPS) is 12.3. The molecule has 0 aliphatic heterocycles. The Bertz CT molecular complexity index is 295. The second-order valence-corrected chi connectivity index (χ2v) is 3.37. The van der Waals surface area contributed by atoms with Crippen molar-refractivity contribution in [3.63, 3.8) is 0 Å². The fraction of sp³-hybridized carbons (Fsp3) is 0.417. The van der Waals surface area contributed by atoms with E-state index in [1.807, 2.05) is 37.3 Å². The van der Waals surface area contributed by atoms with Crippen LogP contribution in [0.2, 0.25) is 0 Å². The lowest BCUT2D eigenvalue weighted by Gasteiger charge is -2.15. The third-order valence-electron chi connectivity index (χ3n) is 2.05. The van der Waals surface area contributed by atoms with Gasteiger partial charge in [-0.1, -0.05) is 37.3 Å². The number of rotatable bonds is 6. The van der Waals surface area contributed by atoms with E-state index in [1.165, 1.54) is 0 Å². The molecule has 0 aliphatic carbocycles. The van der Waals surface area contributed by atoms with Gasteiger partial charge in [0.1, 0.15) is 0 Å². The smallest absolute Gasteiger partial charge is 0.306 e. The summed E-state index contributed by atoms with van der Waals surface area (Å²) in [6.45, 7) is 2.59. The summed E-state index contributed by atoms with van der Waals surface area (Å²) in [7, 11) is 0. The van der Waals surface area contributed by atoms with Crippen molar-refractivity contribution >= 4 is 5.97 Å². The zero-order valence-corrected chi connectivity index (χ0v) is 8.85. The number of aliphatic carboxylic acids is 1. The molecule has 15 heavy (non-hydrogen) atoms. The van der Waals surface area contributed by atoms with Crippen LogP contribution in [0.5, 0.6) is 0 Å². The van der Waals surface area contributed by atoms with Crippen molar-refractivity contribution in [1.82, 2.24) is 0 Å². The Morgan fingerprint density at radius 3 is 2.60 bits per heavy atom. The Kier molecular flexibility index (Phi) is 4.84. The fourth-order valence-electron chi connectivity index (χ4n) is 1.36. The van der Waals surface area contributed by atoms with Crippen LogP contribution < -0.4 is 0 Å². The van der Waals surface area contributed by atoms with Crippen molar-refractivity contribution in [3.8, 4) is 0 Å². The molecule has 0 bridgehead atoms. The van der Waals surface area contributed by atoms with Gasteiger partial charge >= 0.3 is 5.97 Å². The van der Waals surface area contributed by atoms with Gasteiger partial charge < -0.3 is 9.84 Å². The molecule has 0 heterocycles. The molecule has 0 spiro atoms. The Morgan fingerprint density at radius 2 is 2.07 bits per heavy atom. The van der Waals surface area contributed by atoms with Gasteiger partial charge in [0.25, 0.3) is 0 Å². The van der Waals surface area contributed by atoms with Crippen molar-refractivity contribution in [3.05, 3.63) is 35.9 Å². The Morgan fingerprint density at radius 1 is 1.40 bits per heavy atom. The first-order valence-electron chi connectivity index (χ1n) is 5.12. The van der Waals surface area contributed by atoms with Gasteiger partial charge in [-0.25, -0.2) is 0 Å². The monoisotopic (exact) mass is 208 g/mol. The zero-order chi connectivity index (χ0) is 11.1. The van der Waals surface area contributed by atoms with Crippen LogP contribution in [0.3, 0.4) is 0 Å². The highest BCUT2D eigenvalue weighted by atomic mass is 16.5. The number of carboxylic acids is 1. The van der Waals surface area contributed by atoms with Crippen LogP contribution in [-0.2, 0) is 9.53 Å². The zero-order valence-electron chi connectivity index (χ0n) is 8.85. The number of hydrogen-bond donors (Lipinski definition) is 1. The molecule has 1 N–H and O–H groups in total. The summed E-state index contributed by atoms with van der Waals surface area (Å²) in [6.07, 6.45) is 0.580. The van der Waals surface area contributed by atoms with Gasteiger partial charge in [0.15, 0.2) is 0 Å². The van der Waals surface area contributed by atoms with Crippen molar-refractivity contribution < 1.29 is 14.6 Å². The molecule has 82 valence electrons. The van der Waals surface area contributed by atoms with Gasteiger partial charge in [0.2, 0.25) is 0 Å². The first-order valence-corrected chi connectivity index (χ1v) is 5.12. The summed E-state index contributed by atoms with van der Waals surface area (Å²) >= 11 is 0. The summed E-state index contributed by atoms with van der Waals surface area (Å²) in [6, 6.07) is 9.46. The summed E-state index contributed by atoms with van der Waals surface area (Å²) in [4.78, 5) is 10.7. The SMILES string of the molecule is CCCOC(CC(=O)O)c1ccccc1. The highest BCUT2D eigenvalue weighted by molar-refractivity contribution is 5.67. The highest BCUT2D eigenvalue weighted by Gasteiger charge is 2.15.